The lowest BCUT2D eigenvalue weighted by Crippen LogP contribution is -2.18. The topological polar surface area (TPSA) is 36.3 Å². The van der Waals surface area contributed by atoms with Crippen LogP contribution in [0.3, 0.4) is 0 Å². The molecule has 0 aliphatic heterocycles. The van der Waals surface area contributed by atoms with Gasteiger partial charge in [-0.05, 0) is 44.2 Å². The fraction of sp³-hybridized carbons (Fsp3) is 0.235. The number of aromatic nitrogens is 2. The highest BCUT2D eigenvalue weighted by Crippen LogP contribution is 2.40. The first kappa shape index (κ1) is 16.4. The van der Waals surface area contributed by atoms with Crippen LogP contribution in [-0.4, -0.2) is 23.0 Å². The molecule has 0 aliphatic carbocycles. The van der Waals surface area contributed by atoms with Gasteiger partial charge in [-0.1, -0.05) is 29.8 Å². The molecule has 0 amide bonds. The maximum atomic E-state index is 6.19. The van der Waals surface area contributed by atoms with Crippen LogP contribution < -0.4 is 5.44 Å². The van der Waals surface area contributed by atoms with Crippen LogP contribution in [0.2, 0.25) is 5.02 Å². The Labute approximate surface area is 141 Å². The van der Waals surface area contributed by atoms with Crippen molar-refractivity contribution in [1.29, 1.82) is 0 Å². The molecule has 6 heteroatoms. The lowest BCUT2D eigenvalue weighted by atomic mass is 10.2. The fourth-order valence-electron chi connectivity index (χ4n) is 2.36. The molecule has 0 atom stereocenters. The summed E-state index contributed by atoms with van der Waals surface area (Å²) in [6.45, 7) is 5.08. The molecule has 0 fully saturated rings. The molecule has 0 bridgehead atoms. The van der Waals surface area contributed by atoms with Crippen LogP contribution in [-0.2, 0) is 9.05 Å². The minimum absolute atomic E-state index is 0.577. The first-order valence-electron chi connectivity index (χ1n) is 7.54. The minimum Gasteiger partial charge on any atom is -0.330 e. The molecule has 1 heterocycles. The zero-order chi connectivity index (χ0) is 16.2. The van der Waals surface area contributed by atoms with Crippen LogP contribution in [0.15, 0.2) is 48.5 Å². The number of benzene rings is 2. The number of fused-ring (bicyclic) bond motifs is 1. The molecule has 0 saturated carbocycles. The molecule has 0 radical (unpaired) electrons. The molecular weight excluding hydrogens is 331 g/mol. The maximum absolute atomic E-state index is 6.19. The van der Waals surface area contributed by atoms with Crippen molar-refractivity contribution in [3.63, 3.8) is 0 Å². The quantitative estimate of drug-likeness (QED) is 0.606. The molecular formula is C17H18ClN2O2P. The lowest BCUT2D eigenvalue weighted by Gasteiger charge is -2.17. The minimum atomic E-state index is -1.23. The summed E-state index contributed by atoms with van der Waals surface area (Å²) < 4.78 is 13.7. The van der Waals surface area contributed by atoms with E-state index in [1.54, 1.807) is 0 Å². The third-order valence-corrected chi connectivity index (χ3v) is 5.27. The van der Waals surface area contributed by atoms with E-state index in [1.165, 1.54) is 0 Å². The molecule has 0 unspecified atom stereocenters. The van der Waals surface area contributed by atoms with Crippen molar-refractivity contribution in [2.24, 2.45) is 0 Å². The van der Waals surface area contributed by atoms with Crippen molar-refractivity contribution in [1.82, 2.24) is 9.78 Å². The standard InChI is InChI=1S/C17H18ClN2O2P/c1-3-21-23(22-4-2)17-15-12-13(18)10-11-16(15)19-20(17)14-8-6-5-7-9-14/h5-12H,3-4H2,1-2H3. The normalized spacial score (nSPS) is 11.5. The third kappa shape index (κ3) is 3.41. The summed E-state index contributed by atoms with van der Waals surface area (Å²) in [5, 5.41) is 6.37. The molecule has 0 N–H and O–H groups in total. The van der Waals surface area contributed by atoms with E-state index >= 15 is 0 Å². The summed E-state index contributed by atoms with van der Waals surface area (Å²) in [5.41, 5.74) is 2.77. The second kappa shape index (κ2) is 7.41. The molecule has 4 nitrogen and oxygen atoms in total. The van der Waals surface area contributed by atoms with Crippen LogP contribution in [0, 0.1) is 0 Å². The first-order chi connectivity index (χ1) is 11.2. The zero-order valence-corrected chi connectivity index (χ0v) is 14.7. The summed E-state index contributed by atoms with van der Waals surface area (Å²) in [7, 11) is -1.23. The van der Waals surface area contributed by atoms with Crippen LogP contribution in [0.4, 0.5) is 0 Å². The van der Waals surface area contributed by atoms with Crippen molar-refractivity contribution in [3.8, 4) is 5.69 Å². The molecule has 120 valence electrons. The number of rotatable bonds is 6. The predicted octanol–water partition coefficient (Wildman–Crippen LogP) is 4.69. The Hall–Kier alpha value is -1.45. The smallest absolute Gasteiger partial charge is 0.225 e. The molecule has 3 rings (SSSR count). The molecule has 23 heavy (non-hydrogen) atoms. The molecule has 0 spiro atoms. The first-order valence-corrected chi connectivity index (χ1v) is 9.09. The highest BCUT2D eigenvalue weighted by atomic mass is 35.5. The van der Waals surface area contributed by atoms with Crippen molar-refractivity contribution < 1.29 is 9.05 Å². The van der Waals surface area contributed by atoms with Gasteiger partial charge in [-0.15, -0.1) is 0 Å². The Morgan fingerprint density at radius 3 is 2.39 bits per heavy atom. The molecule has 2 aromatic carbocycles. The molecule has 3 aromatic rings. The summed E-state index contributed by atoms with van der Waals surface area (Å²) >= 11 is 6.19. The van der Waals surface area contributed by atoms with E-state index in [0.717, 1.165) is 22.0 Å². The molecule has 0 aliphatic rings. The highest BCUT2D eigenvalue weighted by molar-refractivity contribution is 7.56. The summed E-state index contributed by atoms with van der Waals surface area (Å²) in [4.78, 5) is 0. The van der Waals surface area contributed by atoms with Gasteiger partial charge in [-0.2, -0.15) is 5.10 Å². The highest BCUT2D eigenvalue weighted by Gasteiger charge is 2.24. The van der Waals surface area contributed by atoms with Crippen LogP contribution in [0.1, 0.15) is 13.8 Å². The van der Waals surface area contributed by atoms with Crippen molar-refractivity contribution in [3.05, 3.63) is 53.6 Å². The second-order valence-electron chi connectivity index (χ2n) is 4.83. The van der Waals surface area contributed by atoms with Gasteiger partial charge in [0.2, 0.25) is 8.38 Å². The van der Waals surface area contributed by atoms with Crippen LogP contribution in [0.25, 0.3) is 16.6 Å². The number of halogens is 1. The Morgan fingerprint density at radius 2 is 1.74 bits per heavy atom. The Morgan fingerprint density at radius 1 is 1.04 bits per heavy atom. The van der Waals surface area contributed by atoms with Gasteiger partial charge < -0.3 is 9.05 Å². The van der Waals surface area contributed by atoms with Crippen LogP contribution >= 0.6 is 20.0 Å². The SMILES string of the molecule is CCOP(OCC)c1c2cc(Cl)ccc2nn1-c1ccccc1. The molecule has 1 aromatic heterocycles. The molecule has 0 saturated heterocycles. The maximum Gasteiger partial charge on any atom is 0.225 e. The van der Waals surface area contributed by atoms with Gasteiger partial charge in [0, 0.05) is 10.4 Å². The van der Waals surface area contributed by atoms with Crippen molar-refractivity contribution >= 4 is 36.3 Å². The van der Waals surface area contributed by atoms with Gasteiger partial charge >= 0.3 is 0 Å². The third-order valence-electron chi connectivity index (χ3n) is 3.27. The summed E-state index contributed by atoms with van der Waals surface area (Å²) in [5.74, 6) is 0. The van der Waals surface area contributed by atoms with Gasteiger partial charge in [0.15, 0.2) is 0 Å². The number of hydrogen-bond donors (Lipinski definition) is 0. The van der Waals surface area contributed by atoms with E-state index in [4.69, 9.17) is 25.7 Å². The van der Waals surface area contributed by atoms with Gasteiger partial charge in [0.25, 0.3) is 0 Å². The van der Waals surface area contributed by atoms with Crippen molar-refractivity contribution in [2.75, 3.05) is 13.2 Å². The monoisotopic (exact) mass is 348 g/mol. The van der Waals surface area contributed by atoms with Crippen molar-refractivity contribution in [2.45, 2.75) is 13.8 Å². The van der Waals surface area contributed by atoms with E-state index in [0.29, 0.717) is 18.2 Å². The van der Waals surface area contributed by atoms with E-state index in [2.05, 4.69) is 0 Å². The van der Waals surface area contributed by atoms with Gasteiger partial charge in [-0.25, -0.2) is 4.68 Å². The Balaban J connectivity index is 2.24. The van der Waals surface area contributed by atoms with Gasteiger partial charge in [-0.3, -0.25) is 0 Å². The van der Waals surface area contributed by atoms with Gasteiger partial charge in [0.05, 0.1) is 24.4 Å². The van der Waals surface area contributed by atoms with E-state index in [-0.39, 0.29) is 0 Å². The van der Waals surface area contributed by atoms with Gasteiger partial charge in [0.1, 0.15) is 5.44 Å². The summed E-state index contributed by atoms with van der Waals surface area (Å²) in [6.07, 6.45) is 0. The van der Waals surface area contributed by atoms with E-state index in [1.807, 2.05) is 67.1 Å². The van der Waals surface area contributed by atoms with Crippen LogP contribution in [0.5, 0.6) is 0 Å². The number of hydrogen-bond acceptors (Lipinski definition) is 3. The summed E-state index contributed by atoms with van der Waals surface area (Å²) in [6, 6.07) is 15.7. The second-order valence-corrected chi connectivity index (χ2v) is 6.72. The fourth-order valence-corrected chi connectivity index (χ4v) is 4.01. The van der Waals surface area contributed by atoms with E-state index in [9.17, 15) is 0 Å². The Bertz CT molecular complexity index is 786. The number of nitrogens with zero attached hydrogens (tertiary/aromatic N) is 2. The Kier molecular flexibility index (Phi) is 5.29. The van der Waals surface area contributed by atoms with E-state index < -0.39 is 8.38 Å². The number of para-hydroxylation sites is 1. The average molecular weight is 349 g/mol. The predicted molar refractivity (Wildman–Crippen MR) is 95.9 cm³/mol. The average Bonchev–Trinajstić information content (AvgIpc) is 2.94. The largest absolute Gasteiger partial charge is 0.330 e. The lowest BCUT2D eigenvalue weighted by molar-refractivity contribution is 0.276. The zero-order valence-electron chi connectivity index (χ0n) is 13.1.